The second-order valence-corrected chi connectivity index (χ2v) is 3.32. The molecule has 0 radical (unpaired) electrons. The van der Waals surface area contributed by atoms with Crippen molar-refractivity contribution in [3.8, 4) is 5.75 Å². The van der Waals surface area contributed by atoms with Crippen LogP contribution in [0.3, 0.4) is 0 Å². The van der Waals surface area contributed by atoms with Gasteiger partial charge in [0, 0.05) is 12.7 Å². The van der Waals surface area contributed by atoms with Crippen molar-refractivity contribution in [2.24, 2.45) is 0 Å². The number of nitrogens with zero attached hydrogens (tertiary/aromatic N) is 1. The zero-order valence-electron chi connectivity index (χ0n) is 9.74. The van der Waals surface area contributed by atoms with Gasteiger partial charge in [0.1, 0.15) is 6.61 Å². The Bertz CT molecular complexity index is 433. The average Bonchev–Trinajstić information content (AvgIpc) is 2.34. The number of nitro benzene ring substituents is 1. The highest BCUT2D eigenvalue weighted by Gasteiger charge is 2.21. The van der Waals surface area contributed by atoms with Crippen LogP contribution in [0.2, 0.25) is 0 Å². The number of para-hydroxylation sites is 2. The smallest absolute Gasteiger partial charge is 0.336 e. The van der Waals surface area contributed by atoms with Crippen LogP contribution < -0.4 is 4.74 Å². The van der Waals surface area contributed by atoms with Crippen LogP contribution in [0.5, 0.6) is 5.75 Å². The van der Waals surface area contributed by atoms with Crippen LogP contribution >= 0.6 is 0 Å². The van der Waals surface area contributed by atoms with Gasteiger partial charge in [0.05, 0.1) is 4.92 Å². The maximum Gasteiger partial charge on any atom is 0.336 e. The van der Waals surface area contributed by atoms with Crippen molar-refractivity contribution in [2.75, 3.05) is 13.2 Å². The molecule has 0 saturated heterocycles. The summed E-state index contributed by atoms with van der Waals surface area (Å²) in [5.41, 5.74) is -0.210. The molecule has 0 amide bonds. The molecule has 98 valence electrons. The number of hydrogen-bond acceptors (Lipinski definition) is 5. The minimum Gasteiger partial charge on any atom is -0.483 e. The second kappa shape index (κ2) is 6.55. The molecule has 1 aromatic carbocycles. The van der Waals surface area contributed by atoms with Gasteiger partial charge in [-0.25, -0.2) is 4.79 Å². The van der Waals surface area contributed by atoms with Crippen molar-refractivity contribution in [2.45, 2.75) is 13.0 Å². The Hall–Kier alpha value is -2.15. The van der Waals surface area contributed by atoms with Crippen molar-refractivity contribution in [1.29, 1.82) is 0 Å². The first kappa shape index (κ1) is 13.9. The highest BCUT2D eigenvalue weighted by molar-refractivity contribution is 5.72. The number of carbonyl (C=O) groups is 1. The van der Waals surface area contributed by atoms with Gasteiger partial charge in [-0.1, -0.05) is 12.1 Å². The fourth-order valence-electron chi connectivity index (χ4n) is 1.29. The molecular weight excluding hydrogens is 242 g/mol. The van der Waals surface area contributed by atoms with E-state index in [1.54, 1.807) is 13.0 Å². The van der Waals surface area contributed by atoms with Crippen LogP contribution in [-0.2, 0) is 9.53 Å². The van der Waals surface area contributed by atoms with Crippen LogP contribution in [0.1, 0.15) is 6.92 Å². The molecule has 0 heterocycles. The number of carboxylic acid groups (broad SMARTS) is 1. The van der Waals surface area contributed by atoms with Gasteiger partial charge in [-0.15, -0.1) is 0 Å². The van der Waals surface area contributed by atoms with Gasteiger partial charge in [-0.3, -0.25) is 10.1 Å². The summed E-state index contributed by atoms with van der Waals surface area (Å²) < 4.78 is 10.1. The van der Waals surface area contributed by atoms with Gasteiger partial charge in [-0.2, -0.15) is 0 Å². The summed E-state index contributed by atoms with van der Waals surface area (Å²) in [4.78, 5) is 20.9. The fourth-order valence-corrected chi connectivity index (χ4v) is 1.29. The number of nitro groups is 1. The third kappa shape index (κ3) is 3.70. The first-order chi connectivity index (χ1) is 8.56. The molecule has 0 aliphatic rings. The van der Waals surface area contributed by atoms with Crippen molar-refractivity contribution in [3.63, 3.8) is 0 Å². The van der Waals surface area contributed by atoms with Gasteiger partial charge >= 0.3 is 11.7 Å². The summed E-state index contributed by atoms with van der Waals surface area (Å²) in [7, 11) is 0. The van der Waals surface area contributed by atoms with E-state index in [0.717, 1.165) is 0 Å². The minimum atomic E-state index is -1.17. The summed E-state index contributed by atoms with van der Waals surface area (Å²) in [6.07, 6.45) is -1.14. The standard InChI is InChI=1S/C11H13NO6/c1-2-17-10(11(13)14)7-18-9-6-4-3-5-8(9)12(15)16/h3-6,10H,2,7H2,1H3,(H,13,14). The molecule has 18 heavy (non-hydrogen) atoms. The Kier molecular flexibility index (Phi) is 5.06. The van der Waals surface area contributed by atoms with Gasteiger partial charge in [0.2, 0.25) is 0 Å². The Labute approximate surface area is 103 Å². The minimum absolute atomic E-state index is 0.0217. The third-order valence-electron chi connectivity index (χ3n) is 2.10. The van der Waals surface area contributed by atoms with Gasteiger partial charge in [-0.05, 0) is 13.0 Å². The lowest BCUT2D eigenvalue weighted by Gasteiger charge is -2.13. The van der Waals surface area contributed by atoms with E-state index in [2.05, 4.69) is 0 Å². The Morgan fingerprint density at radius 2 is 2.17 bits per heavy atom. The number of carboxylic acids is 1. The fraction of sp³-hybridized carbons (Fsp3) is 0.364. The first-order valence-corrected chi connectivity index (χ1v) is 5.27. The summed E-state index contributed by atoms with van der Waals surface area (Å²) in [5, 5.41) is 19.5. The lowest BCUT2D eigenvalue weighted by Crippen LogP contribution is -2.30. The predicted octanol–water partition coefficient (Wildman–Crippen LogP) is 1.46. The summed E-state index contributed by atoms with van der Waals surface area (Å²) in [5.74, 6) is -1.15. The Morgan fingerprint density at radius 3 is 2.72 bits per heavy atom. The van der Waals surface area contributed by atoms with E-state index in [1.165, 1.54) is 18.2 Å². The monoisotopic (exact) mass is 255 g/mol. The van der Waals surface area contributed by atoms with Crippen LogP contribution in [-0.4, -0.2) is 35.3 Å². The van der Waals surface area contributed by atoms with Crippen molar-refractivity contribution in [3.05, 3.63) is 34.4 Å². The maximum absolute atomic E-state index is 10.8. The van der Waals surface area contributed by atoms with Crippen LogP contribution in [0.4, 0.5) is 5.69 Å². The van der Waals surface area contributed by atoms with E-state index in [9.17, 15) is 14.9 Å². The van der Waals surface area contributed by atoms with Crippen molar-refractivity contribution >= 4 is 11.7 Å². The molecule has 7 heteroatoms. The summed E-state index contributed by atoms with van der Waals surface area (Å²) >= 11 is 0. The zero-order chi connectivity index (χ0) is 13.5. The molecule has 0 aliphatic carbocycles. The molecule has 0 fully saturated rings. The first-order valence-electron chi connectivity index (χ1n) is 5.27. The predicted molar refractivity (Wildman–Crippen MR) is 61.6 cm³/mol. The molecular formula is C11H13NO6. The quantitative estimate of drug-likeness (QED) is 0.585. The molecule has 1 aromatic rings. The topological polar surface area (TPSA) is 98.9 Å². The number of rotatable bonds is 7. The number of hydrogen-bond donors (Lipinski definition) is 1. The molecule has 0 aliphatic heterocycles. The average molecular weight is 255 g/mol. The van der Waals surface area contributed by atoms with E-state index in [-0.39, 0.29) is 24.7 Å². The van der Waals surface area contributed by atoms with Gasteiger partial charge in [0.15, 0.2) is 11.9 Å². The van der Waals surface area contributed by atoms with Crippen molar-refractivity contribution < 1.29 is 24.3 Å². The lowest BCUT2D eigenvalue weighted by molar-refractivity contribution is -0.385. The SMILES string of the molecule is CCOC(COc1ccccc1[N+](=O)[O-])C(=O)O. The van der Waals surface area contributed by atoms with Crippen LogP contribution in [0.25, 0.3) is 0 Å². The summed E-state index contributed by atoms with van der Waals surface area (Å²) in [6, 6.07) is 5.76. The Balaban J connectivity index is 2.73. The van der Waals surface area contributed by atoms with E-state index in [1.807, 2.05) is 0 Å². The molecule has 1 atom stereocenters. The number of benzene rings is 1. The molecule has 0 saturated carbocycles. The van der Waals surface area contributed by atoms with Crippen LogP contribution in [0.15, 0.2) is 24.3 Å². The molecule has 1 rings (SSSR count). The number of ether oxygens (including phenoxy) is 2. The van der Waals surface area contributed by atoms with E-state index in [4.69, 9.17) is 14.6 Å². The maximum atomic E-state index is 10.8. The highest BCUT2D eigenvalue weighted by Crippen LogP contribution is 2.25. The molecule has 0 bridgehead atoms. The molecule has 0 spiro atoms. The molecule has 7 nitrogen and oxygen atoms in total. The molecule has 1 N–H and O–H groups in total. The van der Waals surface area contributed by atoms with Crippen LogP contribution in [0, 0.1) is 10.1 Å². The molecule has 1 unspecified atom stereocenters. The number of aliphatic carboxylic acids is 1. The highest BCUT2D eigenvalue weighted by atomic mass is 16.6. The largest absolute Gasteiger partial charge is 0.483 e. The lowest BCUT2D eigenvalue weighted by atomic mass is 10.3. The van der Waals surface area contributed by atoms with E-state index < -0.39 is 17.0 Å². The van der Waals surface area contributed by atoms with Crippen molar-refractivity contribution in [1.82, 2.24) is 0 Å². The third-order valence-corrected chi connectivity index (χ3v) is 2.10. The Morgan fingerprint density at radius 1 is 1.50 bits per heavy atom. The summed E-state index contributed by atoms with van der Waals surface area (Å²) in [6.45, 7) is 1.59. The van der Waals surface area contributed by atoms with E-state index in [0.29, 0.717) is 0 Å². The zero-order valence-corrected chi connectivity index (χ0v) is 9.74. The van der Waals surface area contributed by atoms with Gasteiger partial charge in [0.25, 0.3) is 0 Å². The van der Waals surface area contributed by atoms with E-state index >= 15 is 0 Å². The second-order valence-electron chi connectivity index (χ2n) is 3.32. The normalized spacial score (nSPS) is 11.8. The van der Waals surface area contributed by atoms with Gasteiger partial charge < -0.3 is 14.6 Å². The molecule has 0 aromatic heterocycles.